The van der Waals surface area contributed by atoms with Gasteiger partial charge in [0.2, 0.25) is 0 Å². The molecule has 0 radical (unpaired) electrons. The molecule has 3 unspecified atom stereocenters. The number of fused-ring (bicyclic) bond motifs is 1. The van der Waals surface area contributed by atoms with Crippen LogP contribution in [0.25, 0.3) is 0 Å². The molecule has 2 fully saturated rings. The highest BCUT2D eigenvalue weighted by atomic mass is 16.5. The summed E-state index contributed by atoms with van der Waals surface area (Å²) in [6, 6.07) is 7.69. The minimum absolute atomic E-state index is 0.0517. The molecule has 22 heavy (non-hydrogen) atoms. The molecule has 2 N–H and O–H groups in total. The smallest absolute Gasteiger partial charge is 0.124 e. The van der Waals surface area contributed by atoms with Crippen LogP contribution in [0.4, 0.5) is 0 Å². The van der Waals surface area contributed by atoms with Crippen molar-refractivity contribution in [2.45, 2.75) is 50.4 Å². The summed E-state index contributed by atoms with van der Waals surface area (Å²) in [6.45, 7) is 1.89. The van der Waals surface area contributed by atoms with Gasteiger partial charge in [0, 0.05) is 5.56 Å². The van der Waals surface area contributed by atoms with Gasteiger partial charge in [-0.25, -0.2) is 0 Å². The van der Waals surface area contributed by atoms with Crippen molar-refractivity contribution in [3.05, 3.63) is 29.8 Å². The first-order valence-corrected chi connectivity index (χ1v) is 8.14. The van der Waals surface area contributed by atoms with Gasteiger partial charge in [0.05, 0.1) is 25.4 Å². The van der Waals surface area contributed by atoms with Crippen LogP contribution >= 0.6 is 0 Å². The van der Waals surface area contributed by atoms with Gasteiger partial charge >= 0.3 is 0 Å². The highest BCUT2D eigenvalue weighted by Crippen LogP contribution is 2.50. The number of para-hydroxylation sites is 1. The summed E-state index contributed by atoms with van der Waals surface area (Å²) in [5.74, 6) is 1.86. The fourth-order valence-electron chi connectivity index (χ4n) is 4.36. The summed E-state index contributed by atoms with van der Waals surface area (Å²) < 4.78 is 11.6. The highest BCUT2D eigenvalue weighted by molar-refractivity contribution is 5.35. The van der Waals surface area contributed by atoms with Crippen LogP contribution in [-0.4, -0.2) is 35.6 Å². The summed E-state index contributed by atoms with van der Waals surface area (Å²) in [5.41, 5.74) is 0.399. The monoisotopic (exact) mass is 306 g/mol. The fourth-order valence-corrected chi connectivity index (χ4v) is 4.36. The lowest BCUT2D eigenvalue weighted by Gasteiger charge is -2.24. The second-order valence-corrected chi connectivity index (χ2v) is 7.07. The predicted molar refractivity (Wildman–Crippen MR) is 83.8 cm³/mol. The van der Waals surface area contributed by atoms with Crippen molar-refractivity contribution in [1.29, 1.82) is 0 Å². The minimum Gasteiger partial charge on any atom is -0.496 e. The zero-order valence-corrected chi connectivity index (χ0v) is 13.4. The summed E-state index contributed by atoms with van der Waals surface area (Å²) in [7, 11) is 1.63. The van der Waals surface area contributed by atoms with E-state index in [0.717, 1.165) is 37.0 Å². The van der Waals surface area contributed by atoms with Gasteiger partial charge in [-0.15, -0.1) is 0 Å². The molecule has 4 heteroatoms. The molecule has 0 saturated heterocycles. The van der Waals surface area contributed by atoms with Crippen molar-refractivity contribution in [3.8, 4) is 5.75 Å². The van der Waals surface area contributed by atoms with Gasteiger partial charge in [-0.2, -0.15) is 0 Å². The third-order valence-corrected chi connectivity index (χ3v) is 5.21. The van der Waals surface area contributed by atoms with Crippen molar-refractivity contribution in [2.75, 3.05) is 13.7 Å². The zero-order chi connectivity index (χ0) is 15.7. The van der Waals surface area contributed by atoms with Crippen LogP contribution in [0.5, 0.6) is 5.75 Å². The van der Waals surface area contributed by atoms with Gasteiger partial charge < -0.3 is 19.7 Å². The van der Waals surface area contributed by atoms with Gasteiger partial charge in [0.15, 0.2) is 0 Å². The first-order valence-electron chi connectivity index (χ1n) is 8.14. The minimum atomic E-state index is -0.501. The second kappa shape index (κ2) is 6.19. The molecule has 3 rings (SSSR count). The van der Waals surface area contributed by atoms with E-state index in [-0.39, 0.29) is 18.8 Å². The van der Waals surface area contributed by atoms with E-state index in [0.29, 0.717) is 11.8 Å². The zero-order valence-electron chi connectivity index (χ0n) is 13.4. The van der Waals surface area contributed by atoms with E-state index in [4.69, 9.17) is 9.47 Å². The molecule has 0 spiro atoms. The Balaban J connectivity index is 1.65. The normalized spacial score (nSPS) is 35.4. The Morgan fingerprint density at radius 2 is 1.86 bits per heavy atom. The molecule has 4 nitrogen and oxygen atoms in total. The molecule has 1 aromatic rings. The predicted octanol–water partition coefficient (Wildman–Crippen LogP) is 2.68. The van der Waals surface area contributed by atoms with Gasteiger partial charge in [0.1, 0.15) is 11.9 Å². The molecule has 122 valence electrons. The lowest BCUT2D eigenvalue weighted by atomic mass is 10.00. The van der Waals surface area contributed by atoms with Crippen LogP contribution in [0.1, 0.15) is 44.3 Å². The maximum absolute atomic E-state index is 10.2. The lowest BCUT2D eigenvalue weighted by Crippen LogP contribution is -2.23. The first-order chi connectivity index (χ1) is 10.5. The van der Waals surface area contributed by atoms with Crippen LogP contribution in [-0.2, 0) is 4.74 Å². The molecular formula is C18H26O4. The number of aliphatic hydroxyl groups excluding tert-OH is 1. The van der Waals surface area contributed by atoms with E-state index in [1.807, 2.05) is 31.2 Å². The average molecular weight is 306 g/mol. The summed E-state index contributed by atoms with van der Waals surface area (Å²) in [6.07, 6.45) is 3.51. The quantitative estimate of drug-likeness (QED) is 0.878. The Bertz CT molecular complexity index is 498. The Morgan fingerprint density at radius 1 is 1.23 bits per heavy atom. The molecule has 5 atom stereocenters. The van der Waals surface area contributed by atoms with Gasteiger partial charge in [-0.05, 0) is 50.5 Å². The number of hydrogen-bond acceptors (Lipinski definition) is 4. The number of ether oxygens (including phenoxy) is 2. The van der Waals surface area contributed by atoms with E-state index >= 15 is 0 Å². The molecule has 2 aliphatic carbocycles. The molecule has 1 aromatic carbocycles. The summed E-state index contributed by atoms with van der Waals surface area (Å²) in [5, 5.41) is 19.9. The molecule has 0 amide bonds. The molecule has 2 saturated carbocycles. The molecule has 0 aromatic heterocycles. The fraction of sp³-hybridized carbons (Fsp3) is 0.667. The van der Waals surface area contributed by atoms with E-state index in [1.165, 1.54) is 0 Å². The van der Waals surface area contributed by atoms with Crippen molar-refractivity contribution in [3.63, 3.8) is 0 Å². The third-order valence-electron chi connectivity index (χ3n) is 5.21. The van der Waals surface area contributed by atoms with E-state index in [2.05, 4.69) is 0 Å². The molecule has 0 aliphatic heterocycles. The van der Waals surface area contributed by atoms with E-state index in [1.54, 1.807) is 7.11 Å². The van der Waals surface area contributed by atoms with E-state index < -0.39 is 5.60 Å². The third kappa shape index (κ3) is 3.14. The Kier molecular flexibility index (Phi) is 4.44. The Labute approximate surface area is 132 Å². The standard InChI is InChI=1S/C18H26O4/c1-18(20)9-12-7-14(8-13(12)10-18)22-17(11-19)15-5-3-4-6-16(15)21-2/h3-6,12-14,17,19-20H,7-11H2,1-2H3/t12-,13+,14?,17?,18?. The number of benzene rings is 1. The van der Waals surface area contributed by atoms with Gasteiger partial charge in [-0.3, -0.25) is 0 Å². The van der Waals surface area contributed by atoms with Crippen LogP contribution in [0.15, 0.2) is 24.3 Å². The van der Waals surface area contributed by atoms with Crippen molar-refractivity contribution >= 4 is 0 Å². The van der Waals surface area contributed by atoms with Crippen LogP contribution in [0.2, 0.25) is 0 Å². The lowest BCUT2D eigenvalue weighted by molar-refractivity contribution is -0.0459. The Morgan fingerprint density at radius 3 is 2.45 bits per heavy atom. The van der Waals surface area contributed by atoms with Gasteiger partial charge in [0.25, 0.3) is 0 Å². The highest BCUT2D eigenvalue weighted by Gasteiger charge is 2.47. The van der Waals surface area contributed by atoms with Crippen molar-refractivity contribution < 1.29 is 19.7 Å². The number of rotatable bonds is 5. The number of hydrogen-bond donors (Lipinski definition) is 2. The largest absolute Gasteiger partial charge is 0.496 e. The van der Waals surface area contributed by atoms with Crippen LogP contribution in [0, 0.1) is 11.8 Å². The topological polar surface area (TPSA) is 58.9 Å². The van der Waals surface area contributed by atoms with Crippen LogP contribution < -0.4 is 4.74 Å². The summed E-state index contributed by atoms with van der Waals surface area (Å²) in [4.78, 5) is 0. The van der Waals surface area contributed by atoms with Crippen molar-refractivity contribution in [1.82, 2.24) is 0 Å². The first kappa shape index (κ1) is 15.8. The molecular weight excluding hydrogens is 280 g/mol. The van der Waals surface area contributed by atoms with E-state index in [9.17, 15) is 10.2 Å². The number of aliphatic hydroxyl groups is 2. The summed E-state index contributed by atoms with van der Waals surface area (Å²) >= 11 is 0. The molecule has 0 bridgehead atoms. The molecule has 0 heterocycles. The SMILES string of the molecule is COc1ccccc1C(CO)OC1C[C@@H]2CC(C)(O)C[C@@H]2C1. The maximum atomic E-state index is 10.2. The average Bonchev–Trinajstić information content (AvgIpc) is 2.97. The maximum Gasteiger partial charge on any atom is 0.124 e. The molecule has 2 aliphatic rings. The van der Waals surface area contributed by atoms with Gasteiger partial charge in [-0.1, -0.05) is 18.2 Å². The van der Waals surface area contributed by atoms with Crippen molar-refractivity contribution in [2.24, 2.45) is 11.8 Å². The van der Waals surface area contributed by atoms with Crippen LogP contribution in [0.3, 0.4) is 0 Å². The second-order valence-electron chi connectivity index (χ2n) is 7.07. The number of methoxy groups -OCH3 is 1. The Hall–Kier alpha value is -1.10.